The van der Waals surface area contributed by atoms with Crippen LogP contribution in [0.1, 0.15) is 0 Å². The Morgan fingerprint density at radius 3 is 0.500 bits per heavy atom. The van der Waals surface area contributed by atoms with E-state index in [0.29, 0.717) is 0 Å². The molecule has 0 aliphatic rings. The summed E-state index contributed by atoms with van der Waals surface area (Å²) in [5, 5.41) is 0. The van der Waals surface area contributed by atoms with Crippen molar-refractivity contribution >= 4 is 0 Å². The molecule has 0 rings (SSSR count). The van der Waals surface area contributed by atoms with E-state index in [9.17, 15) is 0 Å². The maximum absolute atomic E-state index is 0. The molecule has 4 heteroatoms. The van der Waals surface area contributed by atoms with Crippen molar-refractivity contribution in [3.05, 3.63) is 0 Å². The van der Waals surface area contributed by atoms with Gasteiger partial charge in [-0.15, -0.1) is 0 Å². The van der Waals surface area contributed by atoms with E-state index in [1.54, 1.807) is 0 Å². The molecule has 0 aromatic heterocycles. The average Bonchev–Trinajstić information content (AvgIpc) is 0. The fourth-order valence-electron chi connectivity index (χ4n) is 0. The maximum atomic E-state index is 0. The van der Waals surface area contributed by atoms with Crippen LogP contribution in [0.25, 0.3) is 0 Å². The summed E-state index contributed by atoms with van der Waals surface area (Å²) < 4.78 is 0. The van der Waals surface area contributed by atoms with Gasteiger partial charge in [0.15, 0.2) is 0 Å². The largest absolute Gasteiger partial charge is 2.00 e. The zero-order valence-electron chi connectivity index (χ0n) is 1.63. The summed E-state index contributed by atoms with van der Waals surface area (Å²) in [5.41, 5.74) is 0. The van der Waals surface area contributed by atoms with Gasteiger partial charge in [-0.25, -0.2) is 0 Å². The van der Waals surface area contributed by atoms with Gasteiger partial charge < -0.3 is 16.4 Å². The molecule has 0 bridgehead atoms. The molecule has 0 spiro atoms. The molecule has 0 radical (unpaired) electrons. The summed E-state index contributed by atoms with van der Waals surface area (Å²) in [7, 11) is 0. The van der Waals surface area contributed by atoms with E-state index in [4.69, 9.17) is 0 Å². The Morgan fingerprint density at radius 1 is 0.500 bits per heavy atom. The molecule has 0 fully saturated rings. The second-order valence-corrected chi connectivity index (χ2v) is 0. The molecule has 3 nitrogen and oxygen atoms in total. The molecule has 4 heavy (non-hydrogen) atoms. The Labute approximate surface area is 45.9 Å². The van der Waals surface area contributed by atoms with Crippen LogP contribution < -0.4 is 0 Å². The van der Waals surface area contributed by atoms with E-state index in [0.717, 1.165) is 0 Å². The minimum absolute atomic E-state index is 0. The molecule has 0 saturated carbocycles. The van der Waals surface area contributed by atoms with Crippen LogP contribution in [0, 0.1) is 29.2 Å². The van der Waals surface area contributed by atoms with Gasteiger partial charge in [0.1, 0.15) is 0 Å². The summed E-state index contributed by atoms with van der Waals surface area (Å²) in [6, 6.07) is 0. The van der Waals surface area contributed by atoms with Gasteiger partial charge in [0, 0.05) is 29.2 Å². The summed E-state index contributed by atoms with van der Waals surface area (Å²) in [5.74, 6) is 0. The standard InChI is InChI=1S/3O.Pu/q3*-2;. The molecule has 0 amide bonds. The first-order valence-electron chi connectivity index (χ1n) is 0. The molecular weight excluding hydrogens is 292 g/mol. The Morgan fingerprint density at radius 2 is 0.500 bits per heavy atom. The Kier molecular flexibility index (Phi) is 1020. The minimum atomic E-state index is 0. The van der Waals surface area contributed by atoms with Crippen molar-refractivity contribution in [2.45, 2.75) is 0 Å². The van der Waals surface area contributed by atoms with Crippen molar-refractivity contribution in [1.29, 1.82) is 0 Å². The molecule has 0 aromatic carbocycles. The molecule has 30 valence electrons. The minimum Gasteiger partial charge on any atom is -2.00 e. The van der Waals surface area contributed by atoms with Crippen molar-refractivity contribution in [2.75, 3.05) is 0 Å². The van der Waals surface area contributed by atoms with Crippen LogP contribution in [-0.4, -0.2) is 0 Å². The molecule has 0 aromatic rings. The SMILES string of the molecule is [O-2].[O-2].[O-2].[Pu]. The quantitative estimate of drug-likeness (QED) is 0.584. The first-order valence-corrected chi connectivity index (χ1v) is 0. The van der Waals surface area contributed by atoms with Crippen LogP contribution in [0.5, 0.6) is 0 Å². The third-order valence-electron chi connectivity index (χ3n) is 0. The molecule has 0 saturated heterocycles. The van der Waals surface area contributed by atoms with E-state index < -0.39 is 0 Å². The van der Waals surface area contributed by atoms with Gasteiger partial charge in [0.05, 0.1) is 0 Å². The molecule has 0 N–H and O–H groups in total. The molecule has 0 heterocycles. The maximum Gasteiger partial charge on any atom is 0 e. The van der Waals surface area contributed by atoms with Crippen molar-refractivity contribution in [1.82, 2.24) is 0 Å². The topological polar surface area (TPSA) is 85.5 Å². The Bertz CT molecular complexity index is 3.25. The second-order valence-electron chi connectivity index (χ2n) is 0. The van der Waals surface area contributed by atoms with Gasteiger partial charge in [-0.1, -0.05) is 0 Å². The summed E-state index contributed by atoms with van der Waals surface area (Å²) in [6.07, 6.45) is 0. The van der Waals surface area contributed by atoms with Crippen LogP contribution in [-0.2, 0) is 16.4 Å². The smallest absolute Gasteiger partial charge is 0 e. The van der Waals surface area contributed by atoms with Gasteiger partial charge in [-0.05, 0) is 0 Å². The van der Waals surface area contributed by atoms with Gasteiger partial charge >= 0.3 is 0 Å². The molecule has 0 aliphatic heterocycles. The van der Waals surface area contributed by atoms with Crippen LogP contribution in [0.2, 0.25) is 0 Å². The molecular formula is O3Pu-6. The van der Waals surface area contributed by atoms with Crippen LogP contribution >= 0.6 is 0 Å². The number of hydrogen-bond donors (Lipinski definition) is 0. The predicted molar refractivity (Wildman–Crippen MR) is 2.06 cm³/mol. The fraction of sp³-hybridized carbons (Fsp3) is 0. The zero-order chi connectivity index (χ0) is 0. The molecule has 0 unspecified atom stereocenters. The van der Waals surface area contributed by atoms with Crippen molar-refractivity contribution < 1.29 is 45.6 Å². The number of rotatable bonds is 0. The van der Waals surface area contributed by atoms with Crippen LogP contribution in [0.3, 0.4) is 0 Å². The van der Waals surface area contributed by atoms with Crippen molar-refractivity contribution in [3.8, 4) is 0 Å². The van der Waals surface area contributed by atoms with E-state index in [1.165, 1.54) is 0 Å². The van der Waals surface area contributed by atoms with Crippen molar-refractivity contribution in [3.63, 3.8) is 0 Å². The summed E-state index contributed by atoms with van der Waals surface area (Å²) >= 11 is 0. The summed E-state index contributed by atoms with van der Waals surface area (Å²) in [6.45, 7) is 0. The fourth-order valence-corrected chi connectivity index (χ4v) is 0. The number of hydrogen-bond acceptors (Lipinski definition) is 0. The Balaban J connectivity index is 0. The van der Waals surface area contributed by atoms with E-state index in [2.05, 4.69) is 0 Å². The van der Waals surface area contributed by atoms with Gasteiger partial charge in [0.25, 0.3) is 0 Å². The average molecular weight is 292 g/mol. The van der Waals surface area contributed by atoms with Crippen LogP contribution in [0.4, 0.5) is 0 Å². The van der Waals surface area contributed by atoms with E-state index in [-0.39, 0.29) is 45.6 Å². The Hall–Kier alpha value is 0.867. The first-order chi connectivity index (χ1) is 0. The summed E-state index contributed by atoms with van der Waals surface area (Å²) in [4.78, 5) is 0. The monoisotopic (exact) mass is 286 g/mol. The normalized spacial score (nSPS) is 0. The molecule has 0 atom stereocenters. The van der Waals surface area contributed by atoms with Crippen molar-refractivity contribution in [2.24, 2.45) is 0 Å². The molecule has 0 aliphatic carbocycles. The van der Waals surface area contributed by atoms with E-state index in [1.807, 2.05) is 0 Å². The van der Waals surface area contributed by atoms with Gasteiger partial charge in [-0.2, -0.15) is 0 Å². The third kappa shape index (κ3) is 13.3. The van der Waals surface area contributed by atoms with Gasteiger partial charge in [-0.3, -0.25) is 0 Å². The predicted octanol–water partition coefficient (Wildman–Crippen LogP) is -0.356. The second kappa shape index (κ2) is 42.3. The van der Waals surface area contributed by atoms with E-state index >= 15 is 0 Å². The first kappa shape index (κ1) is 96.8. The third-order valence-corrected chi connectivity index (χ3v) is 0. The van der Waals surface area contributed by atoms with Crippen LogP contribution in [0.15, 0.2) is 0 Å². The van der Waals surface area contributed by atoms with Gasteiger partial charge in [0.2, 0.25) is 0 Å². The zero-order valence-corrected chi connectivity index (χ0v) is 5.03.